The number of benzene rings is 2. The molecule has 3 aliphatic rings. The van der Waals surface area contributed by atoms with E-state index in [1.54, 1.807) is 12.2 Å². The van der Waals surface area contributed by atoms with Crippen molar-refractivity contribution in [2.75, 3.05) is 14.2 Å². The van der Waals surface area contributed by atoms with Crippen LogP contribution in [0.3, 0.4) is 0 Å². The first-order valence-electron chi connectivity index (χ1n) is 10.7. The Labute approximate surface area is 177 Å². The number of hydrogen-bond donors (Lipinski definition) is 1. The molecule has 0 saturated heterocycles. The van der Waals surface area contributed by atoms with Crippen molar-refractivity contribution in [3.05, 3.63) is 65.2 Å². The largest absolute Gasteiger partial charge is 0.489 e. The molecule has 158 valence electrons. The minimum atomic E-state index is -0.786. The van der Waals surface area contributed by atoms with Gasteiger partial charge >= 0.3 is 0 Å². The van der Waals surface area contributed by atoms with Gasteiger partial charge in [0.1, 0.15) is 12.4 Å². The summed E-state index contributed by atoms with van der Waals surface area (Å²) in [7, 11) is 3.63. The van der Waals surface area contributed by atoms with Crippen molar-refractivity contribution in [1.82, 2.24) is 5.06 Å². The molecule has 0 aromatic heterocycles. The fourth-order valence-electron chi connectivity index (χ4n) is 5.34. The predicted molar refractivity (Wildman–Crippen MR) is 115 cm³/mol. The van der Waals surface area contributed by atoms with Crippen molar-refractivity contribution < 1.29 is 14.3 Å². The molecule has 2 aromatic rings. The van der Waals surface area contributed by atoms with Crippen LogP contribution in [-0.4, -0.2) is 31.3 Å². The number of ether oxygens (including phenoxy) is 2. The monoisotopic (exact) mass is 407 g/mol. The number of methoxy groups -OCH3 is 1. The minimum Gasteiger partial charge on any atom is -0.489 e. The highest BCUT2D eigenvalue weighted by molar-refractivity contribution is 5.79. The first kappa shape index (κ1) is 19.4. The van der Waals surface area contributed by atoms with Gasteiger partial charge in [0, 0.05) is 25.1 Å². The van der Waals surface area contributed by atoms with Crippen molar-refractivity contribution in [1.29, 1.82) is 0 Å². The number of rotatable bonds is 4. The maximum atomic E-state index is 6.44. The van der Waals surface area contributed by atoms with E-state index in [-0.39, 0.29) is 5.41 Å². The summed E-state index contributed by atoms with van der Waals surface area (Å²) in [5.74, 6) is 1.25. The molecular weight excluding hydrogens is 378 g/mol. The molecule has 2 aromatic carbocycles. The summed E-state index contributed by atoms with van der Waals surface area (Å²) in [5, 5.41) is 1.61. The summed E-state index contributed by atoms with van der Waals surface area (Å²) in [6.07, 6.45) is 5.23. The molecule has 2 N–H and O–H groups in total. The van der Waals surface area contributed by atoms with E-state index in [4.69, 9.17) is 25.0 Å². The van der Waals surface area contributed by atoms with E-state index in [1.807, 2.05) is 25.2 Å². The van der Waals surface area contributed by atoms with Gasteiger partial charge in [-0.3, -0.25) is 0 Å². The molecule has 1 unspecified atom stereocenters. The molecule has 1 aliphatic heterocycles. The normalized spacial score (nSPS) is 30.0. The van der Waals surface area contributed by atoms with E-state index >= 15 is 0 Å². The van der Waals surface area contributed by atoms with E-state index in [0.717, 1.165) is 49.0 Å². The van der Waals surface area contributed by atoms with Crippen LogP contribution in [0.4, 0.5) is 0 Å². The summed E-state index contributed by atoms with van der Waals surface area (Å²) in [4.78, 5) is 11.4. The molecule has 6 heteroatoms. The third-order valence-electron chi connectivity index (χ3n) is 7.03. The van der Waals surface area contributed by atoms with Crippen LogP contribution in [0.2, 0.25) is 0 Å². The van der Waals surface area contributed by atoms with Gasteiger partial charge in [-0.1, -0.05) is 36.4 Å². The van der Waals surface area contributed by atoms with Crippen LogP contribution >= 0.6 is 0 Å². The maximum absolute atomic E-state index is 6.44. The van der Waals surface area contributed by atoms with Crippen LogP contribution in [-0.2, 0) is 28.3 Å². The highest BCUT2D eigenvalue weighted by Gasteiger charge is 2.63. The Morgan fingerprint density at radius 1 is 1.17 bits per heavy atom. The summed E-state index contributed by atoms with van der Waals surface area (Å²) in [6.45, 7) is 0.527. The summed E-state index contributed by atoms with van der Waals surface area (Å²) >= 11 is 0. The first-order valence-corrected chi connectivity index (χ1v) is 10.7. The second kappa shape index (κ2) is 7.29. The molecule has 0 bridgehead atoms. The molecule has 1 fully saturated rings. The smallest absolute Gasteiger partial charge is 0.220 e. The number of hydroxylamine groups is 2. The maximum Gasteiger partial charge on any atom is 0.220 e. The quantitative estimate of drug-likeness (QED) is 0.836. The third kappa shape index (κ3) is 2.97. The van der Waals surface area contributed by atoms with Crippen LogP contribution in [0, 0.1) is 5.41 Å². The highest BCUT2D eigenvalue weighted by Crippen LogP contribution is 2.62. The highest BCUT2D eigenvalue weighted by atomic mass is 16.7. The number of fused-ring (bicyclic) bond motifs is 3. The van der Waals surface area contributed by atoms with Gasteiger partial charge in [-0.2, -0.15) is 0 Å². The van der Waals surface area contributed by atoms with Gasteiger partial charge in [-0.05, 0) is 55.4 Å². The summed E-state index contributed by atoms with van der Waals surface area (Å²) in [6, 6.07) is 16.5. The topological polar surface area (TPSA) is 69.3 Å². The Bertz CT molecular complexity index is 953. The molecule has 0 radical (unpaired) electrons. The Hall–Kier alpha value is -2.57. The van der Waals surface area contributed by atoms with E-state index in [0.29, 0.717) is 18.7 Å². The number of nitrogens with zero attached hydrogens (tertiary/aromatic N) is 2. The number of guanidine groups is 1. The SMILES string of the molecule is COC1CCC2(CC1)Cc1ccc(OCc3ccccc3)cc1C21N=C(N)N(C)O1. The lowest BCUT2D eigenvalue weighted by Crippen LogP contribution is -2.46. The van der Waals surface area contributed by atoms with Crippen molar-refractivity contribution in [3.8, 4) is 5.75 Å². The van der Waals surface area contributed by atoms with E-state index in [9.17, 15) is 0 Å². The zero-order valence-corrected chi connectivity index (χ0v) is 17.6. The van der Waals surface area contributed by atoms with Gasteiger partial charge < -0.3 is 15.2 Å². The molecular formula is C24H29N3O3. The molecule has 6 nitrogen and oxygen atoms in total. The van der Waals surface area contributed by atoms with Crippen LogP contribution < -0.4 is 10.5 Å². The van der Waals surface area contributed by atoms with E-state index in [1.165, 1.54) is 5.56 Å². The van der Waals surface area contributed by atoms with Gasteiger partial charge in [0.15, 0.2) is 0 Å². The molecule has 1 atom stereocenters. The predicted octanol–water partition coefficient (Wildman–Crippen LogP) is 3.74. The molecule has 1 heterocycles. The second-order valence-corrected chi connectivity index (χ2v) is 8.69. The Morgan fingerprint density at radius 3 is 2.60 bits per heavy atom. The lowest BCUT2D eigenvalue weighted by atomic mass is 9.66. The lowest BCUT2D eigenvalue weighted by Gasteiger charge is -2.45. The Balaban J connectivity index is 1.48. The van der Waals surface area contributed by atoms with Gasteiger partial charge in [-0.25, -0.2) is 14.9 Å². The number of hydrogen-bond acceptors (Lipinski definition) is 6. The third-order valence-corrected chi connectivity index (χ3v) is 7.03. The Kier molecular flexibility index (Phi) is 4.71. The lowest BCUT2D eigenvalue weighted by molar-refractivity contribution is -0.232. The van der Waals surface area contributed by atoms with Crippen molar-refractivity contribution in [3.63, 3.8) is 0 Å². The Morgan fingerprint density at radius 2 is 1.93 bits per heavy atom. The van der Waals surface area contributed by atoms with Crippen LogP contribution in [0.15, 0.2) is 53.5 Å². The average molecular weight is 408 g/mol. The van der Waals surface area contributed by atoms with E-state index in [2.05, 4.69) is 30.3 Å². The molecule has 5 rings (SSSR count). The van der Waals surface area contributed by atoms with Crippen molar-refractivity contribution in [2.24, 2.45) is 16.1 Å². The van der Waals surface area contributed by atoms with Gasteiger partial charge in [0.05, 0.1) is 6.10 Å². The van der Waals surface area contributed by atoms with Gasteiger partial charge in [0.2, 0.25) is 11.7 Å². The zero-order valence-electron chi connectivity index (χ0n) is 17.6. The molecule has 2 aliphatic carbocycles. The van der Waals surface area contributed by atoms with E-state index < -0.39 is 5.72 Å². The zero-order chi connectivity index (χ0) is 20.8. The molecule has 1 saturated carbocycles. The molecule has 30 heavy (non-hydrogen) atoms. The molecule has 2 spiro atoms. The van der Waals surface area contributed by atoms with Gasteiger partial charge in [0.25, 0.3) is 0 Å². The average Bonchev–Trinajstić information content (AvgIpc) is 3.21. The van der Waals surface area contributed by atoms with Gasteiger partial charge in [-0.15, -0.1) is 0 Å². The summed E-state index contributed by atoms with van der Waals surface area (Å²) in [5.41, 5.74) is 8.79. The fourth-order valence-corrected chi connectivity index (χ4v) is 5.34. The second-order valence-electron chi connectivity index (χ2n) is 8.69. The standard InChI is InChI=1S/C24H29N3O3/c1-27-22(25)26-24(30-27)21-14-20(29-16-17-6-4-3-5-7-17)9-8-18(21)15-23(24)12-10-19(28-2)11-13-23/h3-9,14,19H,10-13,15-16H2,1-2H3,(H2,25,26). The van der Waals surface area contributed by atoms with Crippen LogP contribution in [0.1, 0.15) is 42.4 Å². The molecule has 0 amide bonds. The number of aliphatic imine (C=N–C) groups is 1. The van der Waals surface area contributed by atoms with Crippen LogP contribution in [0.5, 0.6) is 5.75 Å². The fraction of sp³-hybridized carbons (Fsp3) is 0.458. The number of nitrogens with two attached hydrogens (primary N) is 1. The minimum absolute atomic E-state index is 0.113. The first-order chi connectivity index (χ1) is 14.6. The van der Waals surface area contributed by atoms with Crippen LogP contribution in [0.25, 0.3) is 0 Å². The summed E-state index contributed by atoms with van der Waals surface area (Å²) < 4.78 is 11.7. The van der Waals surface area contributed by atoms with Crippen molar-refractivity contribution >= 4 is 5.96 Å². The van der Waals surface area contributed by atoms with Crippen molar-refractivity contribution in [2.45, 2.75) is 50.5 Å².